The standard InChI is InChI=1S/C19H19N3O3S2/c1-13(23)20-11-15-6-8-18(9-7-15)27(24,25)22-17-5-3-4-16(10-17)19-12-26-14(2)21-19/h3-10,12,22H,11H2,1-2H3,(H,20,23). The van der Waals surface area contributed by atoms with Crippen LogP contribution in [0, 0.1) is 6.92 Å². The van der Waals surface area contributed by atoms with Crippen molar-refractivity contribution in [2.45, 2.75) is 25.3 Å². The molecule has 6 nitrogen and oxygen atoms in total. The fraction of sp³-hybridized carbons (Fsp3) is 0.158. The van der Waals surface area contributed by atoms with E-state index in [1.54, 1.807) is 41.7 Å². The Morgan fingerprint density at radius 1 is 1.15 bits per heavy atom. The Balaban J connectivity index is 1.77. The highest BCUT2D eigenvalue weighted by atomic mass is 32.2. The third kappa shape index (κ3) is 4.93. The quantitative estimate of drug-likeness (QED) is 0.661. The van der Waals surface area contributed by atoms with Crippen LogP contribution in [0.1, 0.15) is 17.5 Å². The van der Waals surface area contributed by atoms with Crippen molar-refractivity contribution in [1.82, 2.24) is 10.3 Å². The molecule has 2 aromatic carbocycles. The van der Waals surface area contributed by atoms with Gasteiger partial charge in [0.2, 0.25) is 5.91 Å². The lowest BCUT2D eigenvalue weighted by Crippen LogP contribution is -2.19. The average molecular weight is 402 g/mol. The third-order valence-electron chi connectivity index (χ3n) is 3.80. The van der Waals surface area contributed by atoms with Crippen molar-refractivity contribution < 1.29 is 13.2 Å². The first kappa shape index (κ1) is 19.1. The zero-order valence-corrected chi connectivity index (χ0v) is 16.5. The van der Waals surface area contributed by atoms with Gasteiger partial charge in [0.1, 0.15) is 0 Å². The molecule has 3 aromatic rings. The van der Waals surface area contributed by atoms with Crippen LogP contribution in [0.3, 0.4) is 0 Å². The molecule has 1 aromatic heterocycles. The van der Waals surface area contributed by atoms with E-state index in [0.717, 1.165) is 21.8 Å². The molecule has 0 fully saturated rings. The Hall–Kier alpha value is -2.71. The molecule has 0 aliphatic carbocycles. The van der Waals surface area contributed by atoms with E-state index < -0.39 is 10.0 Å². The molecule has 2 N–H and O–H groups in total. The van der Waals surface area contributed by atoms with Crippen LogP contribution in [0.4, 0.5) is 5.69 Å². The molecule has 0 spiro atoms. The first-order valence-corrected chi connectivity index (χ1v) is 10.6. The maximum Gasteiger partial charge on any atom is 0.261 e. The second-order valence-corrected chi connectivity index (χ2v) is 8.74. The molecule has 0 aliphatic heterocycles. The molecule has 0 bridgehead atoms. The van der Waals surface area contributed by atoms with Gasteiger partial charge in [-0.2, -0.15) is 0 Å². The summed E-state index contributed by atoms with van der Waals surface area (Å²) in [7, 11) is -3.71. The van der Waals surface area contributed by atoms with Gasteiger partial charge < -0.3 is 5.32 Å². The maximum absolute atomic E-state index is 12.6. The first-order valence-electron chi connectivity index (χ1n) is 8.22. The average Bonchev–Trinajstić information content (AvgIpc) is 3.07. The lowest BCUT2D eigenvalue weighted by Gasteiger charge is -2.10. The van der Waals surface area contributed by atoms with Gasteiger partial charge in [0.15, 0.2) is 0 Å². The molecule has 0 atom stereocenters. The topological polar surface area (TPSA) is 88.2 Å². The highest BCUT2D eigenvalue weighted by Crippen LogP contribution is 2.25. The largest absolute Gasteiger partial charge is 0.352 e. The fourth-order valence-corrected chi connectivity index (χ4v) is 4.14. The number of thiazole rings is 1. The molecule has 27 heavy (non-hydrogen) atoms. The molecule has 0 aliphatic rings. The van der Waals surface area contributed by atoms with E-state index in [1.165, 1.54) is 19.1 Å². The van der Waals surface area contributed by atoms with Crippen molar-refractivity contribution in [3.05, 3.63) is 64.5 Å². The third-order valence-corrected chi connectivity index (χ3v) is 5.98. The summed E-state index contributed by atoms with van der Waals surface area (Å²) in [5.41, 5.74) is 2.97. The second-order valence-electron chi connectivity index (χ2n) is 5.99. The number of benzene rings is 2. The van der Waals surface area contributed by atoms with Gasteiger partial charge in [-0.15, -0.1) is 11.3 Å². The molecule has 0 saturated heterocycles. The number of sulfonamides is 1. The highest BCUT2D eigenvalue weighted by molar-refractivity contribution is 7.92. The monoisotopic (exact) mass is 401 g/mol. The van der Waals surface area contributed by atoms with E-state index in [1.807, 2.05) is 18.4 Å². The molecular weight excluding hydrogens is 382 g/mol. The summed E-state index contributed by atoms with van der Waals surface area (Å²) >= 11 is 1.55. The predicted octanol–water partition coefficient (Wildman–Crippen LogP) is 3.56. The number of nitrogens with one attached hydrogen (secondary N) is 2. The summed E-state index contributed by atoms with van der Waals surface area (Å²) < 4.78 is 27.9. The number of amides is 1. The van der Waals surface area contributed by atoms with E-state index in [9.17, 15) is 13.2 Å². The van der Waals surface area contributed by atoms with Crippen LogP contribution in [0.25, 0.3) is 11.3 Å². The van der Waals surface area contributed by atoms with Gasteiger partial charge in [-0.1, -0.05) is 24.3 Å². The second kappa shape index (κ2) is 7.89. The Morgan fingerprint density at radius 3 is 2.52 bits per heavy atom. The molecule has 140 valence electrons. The van der Waals surface area contributed by atoms with Crippen LogP contribution in [-0.2, 0) is 21.4 Å². The molecule has 1 amide bonds. The van der Waals surface area contributed by atoms with Gasteiger partial charge in [0.25, 0.3) is 10.0 Å². The number of carbonyl (C=O) groups excluding carboxylic acids is 1. The van der Waals surface area contributed by atoms with Crippen LogP contribution in [0.2, 0.25) is 0 Å². The van der Waals surface area contributed by atoms with Gasteiger partial charge in [-0.25, -0.2) is 13.4 Å². The normalized spacial score (nSPS) is 11.2. The summed E-state index contributed by atoms with van der Waals surface area (Å²) in [6.45, 7) is 3.72. The molecule has 0 radical (unpaired) electrons. The molecule has 3 rings (SSSR count). The van der Waals surface area contributed by atoms with E-state index in [2.05, 4.69) is 15.0 Å². The number of hydrogen-bond donors (Lipinski definition) is 2. The number of anilines is 1. The maximum atomic E-state index is 12.6. The number of hydrogen-bond acceptors (Lipinski definition) is 5. The van der Waals surface area contributed by atoms with Crippen LogP contribution in [0.5, 0.6) is 0 Å². The molecule has 0 unspecified atom stereocenters. The molecular formula is C19H19N3O3S2. The van der Waals surface area contributed by atoms with Crippen molar-refractivity contribution in [3.63, 3.8) is 0 Å². The Labute approximate surface area is 162 Å². The predicted molar refractivity (Wildman–Crippen MR) is 107 cm³/mol. The summed E-state index contributed by atoms with van der Waals surface area (Å²) in [4.78, 5) is 15.5. The Kier molecular flexibility index (Phi) is 5.57. The molecule has 1 heterocycles. The van der Waals surface area contributed by atoms with Crippen molar-refractivity contribution in [3.8, 4) is 11.3 Å². The highest BCUT2D eigenvalue weighted by Gasteiger charge is 2.15. The zero-order valence-electron chi connectivity index (χ0n) is 14.9. The number of carbonyl (C=O) groups is 1. The molecule has 8 heteroatoms. The van der Waals surface area contributed by atoms with E-state index >= 15 is 0 Å². The van der Waals surface area contributed by atoms with Gasteiger partial charge >= 0.3 is 0 Å². The summed E-state index contributed by atoms with van der Waals surface area (Å²) in [5, 5.41) is 5.57. The summed E-state index contributed by atoms with van der Waals surface area (Å²) in [6.07, 6.45) is 0. The number of rotatable bonds is 6. The van der Waals surface area contributed by atoms with E-state index in [-0.39, 0.29) is 10.8 Å². The van der Waals surface area contributed by atoms with Crippen molar-refractivity contribution in [1.29, 1.82) is 0 Å². The van der Waals surface area contributed by atoms with Crippen LogP contribution in [0.15, 0.2) is 58.8 Å². The SMILES string of the molecule is CC(=O)NCc1ccc(S(=O)(=O)Nc2cccc(-c3csc(C)n3)c2)cc1. The van der Waals surface area contributed by atoms with Crippen LogP contribution < -0.4 is 10.0 Å². The number of aryl methyl sites for hydroxylation is 1. The lowest BCUT2D eigenvalue weighted by molar-refractivity contribution is -0.119. The van der Waals surface area contributed by atoms with Gasteiger partial charge in [-0.05, 0) is 36.8 Å². The summed E-state index contributed by atoms with van der Waals surface area (Å²) in [5.74, 6) is -0.136. The number of nitrogens with zero attached hydrogens (tertiary/aromatic N) is 1. The smallest absolute Gasteiger partial charge is 0.261 e. The van der Waals surface area contributed by atoms with Gasteiger partial charge in [-0.3, -0.25) is 9.52 Å². The van der Waals surface area contributed by atoms with Crippen LogP contribution >= 0.6 is 11.3 Å². The first-order chi connectivity index (χ1) is 12.8. The Bertz CT molecular complexity index is 1060. The lowest BCUT2D eigenvalue weighted by atomic mass is 10.1. The van der Waals surface area contributed by atoms with Crippen molar-refractivity contribution in [2.24, 2.45) is 0 Å². The zero-order chi connectivity index (χ0) is 19.4. The van der Waals surface area contributed by atoms with Crippen molar-refractivity contribution >= 4 is 33.0 Å². The van der Waals surface area contributed by atoms with E-state index in [4.69, 9.17) is 0 Å². The van der Waals surface area contributed by atoms with Crippen molar-refractivity contribution in [2.75, 3.05) is 4.72 Å². The number of aromatic nitrogens is 1. The van der Waals surface area contributed by atoms with Gasteiger partial charge in [0.05, 0.1) is 15.6 Å². The minimum atomic E-state index is -3.71. The summed E-state index contributed by atoms with van der Waals surface area (Å²) in [6, 6.07) is 13.5. The van der Waals surface area contributed by atoms with Gasteiger partial charge in [0, 0.05) is 30.1 Å². The fourth-order valence-electron chi connectivity index (χ4n) is 2.47. The Morgan fingerprint density at radius 2 is 1.89 bits per heavy atom. The van der Waals surface area contributed by atoms with Crippen LogP contribution in [-0.4, -0.2) is 19.3 Å². The molecule has 0 saturated carbocycles. The minimum absolute atomic E-state index is 0.136. The van der Waals surface area contributed by atoms with E-state index in [0.29, 0.717) is 12.2 Å². The minimum Gasteiger partial charge on any atom is -0.352 e.